The summed E-state index contributed by atoms with van der Waals surface area (Å²) in [5, 5.41) is 13.4. The van der Waals surface area contributed by atoms with Crippen LogP contribution in [0.3, 0.4) is 0 Å². The fourth-order valence-electron chi connectivity index (χ4n) is 4.02. The topological polar surface area (TPSA) is 51.2 Å². The van der Waals surface area contributed by atoms with Crippen molar-refractivity contribution in [3.63, 3.8) is 0 Å². The van der Waals surface area contributed by atoms with Crippen LogP contribution in [0, 0.1) is 24.2 Å². The fourth-order valence-corrected chi connectivity index (χ4v) is 4.02. The standard InChI is InChI=1S/C33H39F3N4/c1-7-11-32(39-30-18-16-28(23-40(6)20-8-2)31(22-30)33(34,35)36)27-14-13-24(4)26(21-27)15-17-29(9-3)38-25(5)12-10-19-37/h9-14,16,18-19,21-22,37-39H,5,7-8,20,23H2,1-4,6H3/b12-10-,29-9-,32-11+,37-19?. The second kappa shape index (κ2) is 15.5. The van der Waals surface area contributed by atoms with Crippen LogP contribution in [0.1, 0.15) is 61.4 Å². The largest absolute Gasteiger partial charge is 0.416 e. The molecule has 0 aliphatic carbocycles. The van der Waals surface area contributed by atoms with Crippen LogP contribution in [0.2, 0.25) is 0 Å². The zero-order chi connectivity index (χ0) is 29.7. The van der Waals surface area contributed by atoms with E-state index in [0.29, 0.717) is 29.2 Å². The lowest BCUT2D eigenvalue weighted by atomic mass is 10.0. The Hall–Kier alpha value is -4.02. The molecular weight excluding hydrogens is 509 g/mol. The van der Waals surface area contributed by atoms with E-state index in [1.807, 2.05) is 70.0 Å². The molecule has 2 rings (SSSR count). The van der Waals surface area contributed by atoms with Crippen LogP contribution >= 0.6 is 0 Å². The molecule has 0 unspecified atom stereocenters. The van der Waals surface area contributed by atoms with Gasteiger partial charge in [-0.05, 0) is 93.2 Å². The van der Waals surface area contributed by atoms with E-state index in [0.717, 1.165) is 29.7 Å². The van der Waals surface area contributed by atoms with Crippen molar-refractivity contribution in [2.45, 2.75) is 53.3 Å². The van der Waals surface area contributed by atoms with Crippen molar-refractivity contribution in [3.05, 3.63) is 106 Å². The summed E-state index contributed by atoms with van der Waals surface area (Å²) < 4.78 is 42.0. The summed E-state index contributed by atoms with van der Waals surface area (Å²) >= 11 is 0. The third-order valence-corrected chi connectivity index (χ3v) is 6.01. The summed E-state index contributed by atoms with van der Waals surface area (Å²) in [4.78, 5) is 1.90. The summed E-state index contributed by atoms with van der Waals surface area (Å²) in [7, 11) is 1.83. The molecule has 0 atom stereocenters. The summed E-state index contributed by atoms with van der Waals surface area (Å²) in [6.45, 7) is 12.7. The van der Waals surface area contributed by atoms with Gasteiger partial charge in [-0.3, -0.25) is 0 Å². The van der Waals surface area contributed by atoms with E-state index < -0.39 is 11.7 Å². The summed E-state index contributed by atoms with van der Waals surface area (Å²) in [5.74, 6) is 6.31. The molecule has 0 spiro atoms. The molecule has 4 nitrogen and oxygen atoms in total. The van der Waals surface area contributed by atoms with Gasteiger partial charge < -0.3 is 20.9 Å². The molecule has 212 valence electrons. The molecule has 0 amide bonds. The van der Waals surface area contributed by atoms with Crippen LogP contribution in [0.5, 0.6) is 0 Å². The van der Waals surface area contributed by atoms with E-state index in [1.165, 1.54) is 12.3 Å². The lowest BCUT2D eigenvalue weighted by Crippen LogP contribution is -2.21. The van der Waals surface area contributed by atoms with Gasteiger partial charge in [-0.2, -0.15) is 13.2 Å². The van der Waals surface area contributed by atoms with Gasteiger partial charge in [0.05, 0.1) is 11.3 Å². The summed E-state index contributed by atoms with van der Waals surface area (Å²) in [6.07, 6.45) is 5.31. The number of anilines is 1. The molecule has 0 aliphatic rings. The molecule has 2 aromatic carbocycles. The highest BCUT2D eigenvalue weighted by Crippen LogP contribution is 2.35. The highest BCUT2D eigenvalue weighted by atomic mass is 19.4. The van der Waals surface area contributed by atoms with Crippen molar-refractivity contribution in [2.75, 3.05) is 18.9 Å². The fraction of sp³-hybridized carbons (Fsp3) is 0.303. The number of hydrogen-bond acceptors (Lipinski definition) is 4. The lowest BCUT2D eigenvalue weighted by Gasteiger charge is -2.21. The first-order chi connectivity index (χ1) is 19.0. The van der Waals surface area contributed by atoms with Gasteiger partial charge >= 0.3 is 6.18 Å². The molecule has 3 N–H and O–H groups in total. The van der Waals surface area contributed by atoms with Gasteiger partial charge in [-0.25, -0.2) is 0 Å². The zero-order valence-electron chi connectivity index (χ0n) is 24.0. The number of benzene rings is 2. The van der Waals surface area contributed by atoms with Crippen LogP contribution in [-0.4, -0.2) is 24.7 Å². The van der Waals surface area contributed by atoms with Crippen LogP contribution in [0.25, 0.3) is 5.70 Å². The van der Waals surface area contributed by atoms with Gasteiger partial charge in [0, 0.05) is 35.4 Å². The van der Waals surface area contributed by atoms with Gasteiger partial charge in [0.2, 0.25) is 0 Å². The maximum absolute atomic E-state index is 14.0. The van der Waals surface area contributed by atoms with Crippen LogP contribution in [0.4, 0.5) is 18.9 Å². The van der Waals surface area contributed by atoms with E-state index >= 15 is 0 Å². The maximum atomic E-state index is 14.0. The number of aryl methyl sites for hydroxylation is 1. The first-order valence-corrected chi connectivity index (χ1v) is 13.3. The number of allylic oxidation sites excluding steroid dienone is 5. The highest BCUT2D eigenvalue weighted by Gasteiger charge is 2.33. The number of halogens is 3. The van der Waals surface area contributed by atoms with Gasteiger partial charge in [0.15, 0.2) is 0 Å². The molecule has 0 aliphatic heterocycles. The highest BCUT2D eigenvalue weighted by molar-refractivity contribution is 5.78. The molecule has 0 heterocycles. The molecule has 0 radical (unpaired) electrons. The van der Waals surface area contributed by atoms with Crippen LogP contribution in [0.15, 0.2) is 78.7 Å². The maximum Gasteiger partial charge on any atom is 0.416 e. The molecule has 0 fully saturated rings. The summed E-state index contributed by atoms with van der Waals surface area (Å²) in [5.41, 5.74) is 4.58. The average molecular weight is 549 g/mol. The number of hydrogen-bond donors (Lipinski definition) is 3. The Morgan fingerprint density at radius 3 is 2.52 bits per heavy atom. The Balaban J connectivity index is 2.39. The van der Waals surface area contributed by atoms with Crippen molar-refractivity contribution < 1.29 is 13.2 Å². The molecule has 40 heavy (non-hydrogen) atoms. The van der Waals surface area contributed by atoms with E-state index in [-0.39, 0.29) is 12.1 Å². The van der Waals surface area contributed by atoms with Crippen LogP contribution in [-0.2, 0) is 12.7 Å². The Morgan fingerprint density at radius 2 is 1.90 bits per heavy atom. The van der Waals surface area contributed by atoms with Gasteiger partial charge in [-0.1, -0.05) is 56.7 Å². The number of nitrogens with zero attached hydrogens (tertiary/aromatic N) is 1. The monoisotopic (exact) mass is 548 g/mol. The Labute approximate surface area is 236 Å². The second-order valence-corrected chi connectivity index (χ2v) is 9.42. The third kappa shape index (κ3) is 9.94. The number of rotatable bonds is 12. The number of nitrogens with one attached hydrogen (secondary N) is 3. The van der Waals surface area contributed by atoms with E-state index in [1.54, 1.807) is 24.3 Å². The molecular formula is C33H39F3N4. The van der Waals surface area contributed by atoms with Crippen molar-refractivity contribution in [1.29, 1.82) is 5.41 Å². The third-order valence-electron chi connectivity index (χ3n) is 6.01. The Morgan fingerprint density at radius 1 is 1.15 bits per heavy atom. The lowest BCUT2D eigenvalue weighted by molar-refractivity contribution is -0.138. The molecule has 2 aromatic rings. The smallest absolute Gasteiger partial charge is 0.355 e. The SMILES string of the molecule is C=C(/C=C\C=N)N/C(C#Cc1cc(/C(=C\CC)Nc2ccc(CN(C)CCC)c(C(F)(F)F)c2)ccc1C)=C\C. The first-order valence-electron chi connectivity index (χ1n) is 13.3. The predicted molar refractivity (Wildman–Crippen MR) is 162 cm³/mol. The van der Waals surface area contributed by atoms with Gasteiger partial charge in [0.25, 0.3) is 0 Å². The molecule has 0 saturated heterocycles. The predicted octanol–water partition coefficient (Wildman–Crippen LogP) is 8.28. The first kappa shape index (κ1) is 32.2. The Kier molecular flexibility index (Phi) is 12.5. The molecule has 0 bridgehead atoms. The van der Waals surface area contributed by atoms with E-state index in [2.05, 4.69) is 29.1 Å². The summed E-state index contributed by atoms with van der Waals surface area (Å²) in [6, 6.07) is 10.3. The molecule has 0 saturated carbocycles. The minimum absolute atomic E-state index is 0.232. The van der Waals surface area contributed by atoms with E-state index in [4.69, 9.17) is 5.41 Å². The average Bonchev–Trinajstić information content (AvgIpc) is 2.90. The van der Waals surface area contributed by atoms with Crippen molar-refractivity contribution >= 4 is 17.6 Å². The zero-order valence-corrected chi connectivity index (χ0v) is 24.0. The minimum Gasteiger partial charge on any atom is -0.355 e. The number of alkyl halides is 3. The second-order valence-electron chi connectivity index (χ2n) is 9.42. The quantitative estimate of drug-likeness (QED) is 0.142. The van der Waals surface area contributed by atoms with Crippen molar-refractivity contribution in [3.8, 4) is 11.8 Å². The van der Waals surface area contributed by atoms with Gasteiger partial charge in [-0.15, -0.1) is 0 Å². The van der Waals surface area contributed by atoms with Crippen LogP contribution < -0.4 is 10.6 Å². The molecule has 7 heteroatoms. The minimum atomic E-state index is -4.46. The van der Waals surface area contributed by atoms with Gasteiger partial charge in [0.1, 0.15) is 0 Å². The normalized spacial score (nSPS) is 12.3. The van der Waals surface area contributed by atoms with Crippen molar-refractivity contribution in [2.24, 2.45) is 0 Å². The van der Waals surface area contributed by atoms with E-state index in [9.17, 15) is 13.2 Å². The van der Waals surface area contributed by atoms with Crippen molar-refractivity contribution in [1.82, 2.24) is 10.2 Å². The molecule has 0 aromatic heterocycles. The Bertz CT molecular complexity index is 1340.